The molecule has 9 aromatic carbocycles. The van der Waals surface area contributed by atoms with Gasteiger partial charge in [0.25, 0.3) is 0 Å². The molecule has 0 unspecified atom stereocenters. The average molecular weight is 735 g/mol. The van der Waals surface area contributed by atoms with Crippen molar-refractivity contribution in [1.82, 2.24) is 4.98 Å². The summed E-state index contributed by atoms with van der Waals surface area (Å²) < 4.78 is 12.9. The number of nitrogens with zero attached hydrogens (tertiary/aromatic N) is 2. The largest absolute Gasteiger partial charge is 0.456 e. The van der Waals surface area contributed by atoms with Crippen molar-refractivity contribution in [1.29, 1.82) is 0 Å². The van der Waals surface area contributed by atoms with Crippen molar-refractivity contribution in [3.63, 3.8) is 0 Å². The Morgan fingerprint density at radius 1 is 0.411 bits per heavy atom. The molecule has 0 radical (unpaired) electrons. The van der Waals surface area contributed by atoms with Crippen LogP contribution in [0.25, 0.3) is 66.0 Å². The minimum Gasteiger partial charge on any atom is -0.456 e. The lowest BCUT2D eigenvalue weighted by Gasteiger charge is -2.27. The van der Waals surface area contributed by atoms with E-state index in [1.54, 1.807) is 0 Å². The lowest BCUT2D eigenvalue weighted by Crippen LogP contribution is -2.51. The van der Waals surface area contributed by atoms with E-state index < -0.39 is 8.80 Å². The molecule has 11 aromatic rings. The molecule has 2 aromatic heterocycles. The molecule has 4 nitrogen and oxygen atoms in total. The fourth-order valence-electron chi connectivity index (χ4n) is 8.36. The topological polar surface area (TPSA) is 42.4 Å². The van der Waals surface area contributed by atoms with Gasteiger partial charge in [-0.3, -0.25) is 0 Å². The van der Waals surface area contributed by atoms with Gasteiger partial charge in [-0.1, -0.05) is 149 Å². The van der Waals surface area contributed by atoms with Crippen molar-refractivity contribution < 1.29 is 8.83 Å². The summed E-state index contributed by atoms with van der Waals surface area (Å²) >= 11 is 0. The predicted octanol–water partition coefficient (Wildman–Crippen LogP) is 11.4. The van der Waals surface area contributed by atoms with E-state index in [4.69, 9.17) is 13.8 Å². The standard InChI is InChI=1S/C51H34N2O2Si/c1-4-13-36(14-5-1)51-52-46-29-26-35-24-23-34-25-27-38(32-44(34)49(35)50(46)55-51)53(39-28-30-48-45(33-39)43-21-10-11-22-47(43)54-48)37-15-12-20-42(31-37)56(40-16-6-2-7-17-40)41-18-8-3-9-19-41/h1-33,56H. The summed E-state index contributed by atoms with van der Waals surface area (Å²) in [6, 6.07) is 71.5. The van der Waals surface area contributed by atoms with Gasteiger partial charge < -0.3 is 13.7 Å². The van der Waals surface area contributed by atoms with Gasteiger partial charge in [0.1, 0.15) is 25.5 Å². The number of furan rings is 1. The highest BCUT2D eigenvalue weighted by molar-refractivity contribution is 6.95. The van der Waals surface area contributed by atoms with Gasteiger partial charge >= 0.3 is 0 Å². The number of benzene rings is 9. The normalized spacial score (nSPS) is 11.7. The van der Waals surface area contributed by atoms with Crippen LogP contribution in [-0.4, -0.2) is 13.8 Å². The molecule has 5 heteroatoms. The summed E-state index contributed by atoms with van der Waals surface area (Å²) in [5.41, 5.74) is 7.54. The molecule has 0 saturated carbocycles. The molecule has 0 fully saturated rings. The molecule has 0 amide bonds. The van der Waals surface area contributed by atoms with Crippen LogP contribution >= 0.6 is 0 Å². The highest BCUT2D eigenvalue weighted by atomic mass is 28.3. The first-order valence-electron chi connectivity index (χ1n) is 19.0. The van der Waals surface area contributed by atoms with Crippen molar-refractivity contribution >= 4 is 96.0 Å². The van der Waals surface area contributed by atoms with Crippen LogP contribution in [0.4, 0.5) is 17.1 Å². The number of anilines is 3. The summed E-state index contributed by atoms with van der Waals surface area (Å²) in [6.45, 7) is 0. The monoisotopic (exact) mass is 734 g/mol. The third kappa shape index (κ3) is 5.48. The Labute approximate surface area is 325 Å². The fourth-order valence-corrected chi connectivity index (χ4v) is 11.4. The Morgan fingerprint density at radius 2 is 1.00 bits per heavy atom. The molecule has 56 heavy (non-hydrogen) atoms. The summed E-state index contributed by atoms with van der Waals surface area (Å²) in [7, 11) is -1.82. The molecule has 264 valence electrons. The van der Waals surface area contributed by atoms with Gasteiger partial charge in [0.15, 0.2) is 5.58 Å². The number of oxazole rings is 1. The first-order valence-corrected chi connectivity index (χ1v) is 20.7. The molecule has 0 aliphatic carbocycles. The van der Waals surface area contributed by atoms with Crippen LogP contribution in [0.2, 0.25) is 0 Å². The molecule has 0 aliphatic heterocycles. The first kappa shape index (κ1) is 32.2. The Balaban J connectivity index is 1.14. The van der Waals surface area contributed by atoms with Gasteiger partial charge in [-0.15, -0.1) is 0 Å². The first-order chi connectivity index (χ1) is 27.7. The second-order valence-corrected chi connectivity index (χ2v) is 17.2. The quantitative estimate of drug-likeness (QED) is 0.0929. The lowest BCUT2D eigenvalue weighted by molar-refractivity contribution is 0.623. The van der Waals surface area contributed by atoms with E-state index >= 15 is 0 Å². The van der Waals surface area contributed by atoms with Crippen molar-refractivity contribution in [2.45, 2.75) is 0 Å². The minimum atomic E-state index is -1.82. The molecule has 0 saturated heterocycles. The van der Waals surface area contributed by atoms with E-state index in [0.717, 1.165) is 77.2 Å². The molecule has 0 aliphatic rings. The summed E-state index contributed by atoms with van der Waals surface area (Å²) in [6.07, 6.45) is 0. The fraction of sp³-hybridized carbons (Fsp3) is 0. The number of hydrogen-bond acceptors (Lipinski definition) is 4. The van der Waals surface area contributed by atoms with Crippen LogP contribution in [-0.2, 0) is 0 Å². The van der Waals surface area contributed by atoms with Gasteiger partial charge in [-0.05, 0) is 82.9 Å². The zero-order valence-corrected chi connectivity index (χ0v) is 31.5. The number of para-hydroxylation sites is 1. The van der Waals surface area contributed by atoms with E-state index in [9.17, 15) is 0 Å². The molecule has 0 atom stereocenters. The predicted molar refractivity (Wildman–Crippen MR) is 235 cm³/mol. The third-order valence-corrected chi connectivity index (χ3v) is 14.1. The van der Waals surface area contributed by atoms with E-state index in [1.807, 2.05) is 42.5 Å². The van der Waals surface area contributed by atoms with Gasteiger partial charge in [0.2, 0.25) is 5.89 Å². The van der Waals surface area contributed by atoms with Gasteiger partial charge in [0, 0.05) is 38.8 Å². The summed E-state index contributed by atoms with van der Waals surface area (Å²) in [5.74, 6) is 0.621. The van der Waals surface area contributed by atoms with Crippen LogP contribution in [0.5, 0.6) is 0 Å². The molecule has 0 spiro atoms. The Hall–Kier alpha value is -7.21. The summed E-state index contributed by atoms with van der Waals surface area (Å²) in [5, 5.41) is 10.7. The minimum absolute atomic E-state index is 0.621. The van der Waals surface area contributed by atoms with Crippen LogP contribution in [0.15, 0.2) is 209 Å². The van der Waals surface area contributed by atoms with Crippen LogP contribution in [0, 0.1) is 0 Å². The van der Waals surface area contributed by atoms with E-state index in [0.29, 0.717) is 5.89 Å². The van der Waals surface area contributed by atoms with E-state index in [1.165, 1.54) is 15.6 Å². The Morgan fingerprint density at radius 3 is 1.79 bits per heavy atom. The average Bonchev–Trinajstić information content (AvgIpc) is 3.87. The molecular weight excluding hydrogens is 701 g/mol. The molecule has 2 heterocycles. The molecule has 0 bridgehead atoms. The number of rotatable bonds is 7. The van der Waals surface area contributed by atoms with Crippen LogP contribution in [0.3, 0.4) is 0 Å². The van der Waals surface area contributed by atoms with Gasteiger partial charge in [0.05, 0.1) is 0 Å². The van der Waals surface area contributed by atoms with Crippen molar-refractivity contribution in [3.8, 4) is 11.5 Å². The maximum Gasteiger partial charge on any atom is 0.227 e. The highest BCUT2D eigenvalue weighted by Crippen LogP contribution is 2.41. The SMILES string of the molecule is c1ccc(-c2nc3ccc4ccc5ccc(N(c6cccc([SiH](c7ccccc7)c7ccccc7)c6)c6ccc7oc8ccccc8c7c6)cc5c4c3o2)cc1. The second kappa shape index (κ2) is 13.3. The van der Waals surface area contributed by atoms with E-state index in [-0.39, 0.29) is 0 Å². The van der Waals surface area contributed by atoms with Gasteiger partial charge in [-0.2, -0.15) is 0 Å². The van der Waals surface area contributed by atoms with Crippen molar-refractivity contribution in [2.24, 2.45) is 0 Å². The molecule has 11 rings (SSSR count). The Kier molecular flexibility index (Phi) is 7.64. The van der Waals surface area contributed by atoms with Crippen LogP contribution in [0.1, 0.15) is 0 Å². The smallest absolute Gasteiger partial charge is 0.227 e. The number of fused-ring (bicyclic) bond motifs is 8. The zero-order chi connectivity index (χ0) is 37.0. The molecule has 0 N–H and O–H groups in total. The third-order valence-electron chi connectivity index (χ3n) is 11.0. The maximum atomic E-state index is 6.62. The zero-order valence-electron chi connectivity index (χ0n) is 30.3. The molecular formula is C51H34N2O2Si. The van der Waals surface area contributed by atoms with Gasteiger partial charge in [-0.25, -0.2) is 4.98 Å². The van der Waals surface area contributed by atoms with E-state index in [2.05, 4.69) is 163 Å². The van der Waals surface area contributed by atoms with Crippen molar-refractivity contribution in [2.75, 3.05) is 4.90 Å². The number of hydrogen-bond donors (Lipinski definition) is 0. The number of aromatic nitrogens is 1. The maximum absolute atomic E-state index is 6.62. The Bertz CT molecular complexity index is 3170. The lowest BCUT2D eigenvalue weighted by atomic mass is 10.00. The second-order valence-electron chi connectivity index (χ2n) is 14.3. The summed E-state index contributed by atoms with van der Waals surface area (Å²) in [4.78, 5) is 7.32. The van der Waals surface area contributed by atoms with Crippen LogP contribution < -0.4 is 20.5 Å². The highest BCUT2D eigenvalue weighted by Gasteiger charge is 2.22. The van der Waals surface area contributed by atoms with Crippen molar-refractivity contribution in [3.05, 3.63) is 200 Å².